The second-order valence-corrected chi connectivity index (χ2v) is 4.28. The molecule has 2 nitrogen and oxygen atoms in total. The molecule has 1 aliphatic rings. The Kier molecular flexibility index (Phi) is 1.77. The first-order valence-corrected chi connectivity index (χ1v) is 3.54. The molecule has 0 radical (unpaired) electrons. The highest BCUT2D eigenvalue weighted by molar-refractivity contribution is 6.67. The molecule has 1 rings (SSSR count). The summed E-state index contributed by atoms with van der Waals surface area (Å²) in [6, 6.07) is 0. The maximum absolute atomic E-state index is 5.55. The molecule has 0 unspecified atom stereocenters. The van der Waals surface area contributed by atoms with Gasteiger partial charge in [-0.25, -0.2) is 0 Å². The molecule has 1 aliphatic heterocycles. The van der Waals surface area contributed by atoms with Crippen molar-refractivity contribution < 1.29 is 0 Å². The lowest BCUT2D eigenvalue weighted by molar-refractivity contribution is 0.671. The van der Waals surface area contributed by atoms with Crippen LogP contribution in [0, 0.1) is 0 Å². The highest BCUT2D eigenvalue weighted by atomic mass is 35.5. The third kappa shape index (κ3) is 1.22. The Hall–Kier alpha value is 0.630. The molecule has 9 heavy (non-hydrogen) atoms. The first kappa shape index (κ1) is 7.73. The molecule has 0 aromatic rings. The standard InChI is InChI=1S/C3H2Cl4N2/c4-2(5)1-8-9-3(2,6)7/h1,9H. The molecular weight excluding hydrogens is 206 g/mol. The van der Waals surface area contributed by atoms with Crippen LogP contribution in [0.15, 0.2) is 5.10 Å². The van der Waals surface area contributed by atoms with E-state index in [4.69, 9.17) is 46.4 Å². The lowest BCUT2D eigenvalue weighted by atomic mass is 10.4. The SMILES string of the molecule is ClC1(Cl)C=NNC1(Cl)Cl. The predicted molar refractivity (Wildman–Crippen MR) is 40.5 cm³/mol. The van der Waals surface area contributed by atoms with Crippen LogP contribution in [-0.4, -0.2) is 15.0 Å². The molecule has 1 heterocycles. The first-order chi connectivity index (χ1) is 3.96. The lowest BCUT2D eigenvalue weighted by Gasteiger charge is -2.21. The van der Waals surface area contributed by atoms with E-state index in [0.717, 1.165) is 0 Å². The molecule has 0 aromatic carbocycles. The van der Waals surface area contributed by atoms with Gasteiger partial charge in [0, 0.05) is 0 Å². The van der Waals surface area contributed by atoms with Crippen LogP contribution < -0.4 is 5.43 Å². The molecule has 0 aliphatic carbocycles. The van der Waals surface area contributed by atoms with Gasteiger partial charge in [-0.05, 0) is 0 Å². The van der Waals surface area contributed by atoms with E-state index >= 15 is 0 Å². The van der Waals surface area contributed by atoms with E-state index < -0.39 is 8.79 Å². The third-order valence-corrected chi connectivity index (χ3v) is 2.76. The van der Waals surface area contributed by atoms with Crippen LogP contribution in [0.5, 0.6) is 0 Å². The minimum atomic E-state index is -1.41. The van der Waals surface area contributed by atoms with Gasteiger partial charge < -0.3 is 0 Å². The van der Waals surface area contributed by atoms with Gasteiger partial charge in [0.1, 0.15) is 0 Å². The van der Waals surface area contributed by atoms with Crippen molar-refractivity contribution in [2.45, 2.75) is 8.79 Å². The zero-order valence-electron chi connectivity index (χ0n) is 4.04. The van der Waals surface area contributed by atoms with Crippen LogP contribution in [0.2, 0.25) is 0 Å². The van der Waals surface area contributed by atoms with Crippen LogP contribution in [0.4, 0.5) is 0 Å². The third-order valence-electron chi connectivity index (χ3n) is 0.850. The number of alkyl halides is 4. The molecule has 0 fully saturated rings. The zero-order valence-corrected chi connectivity index (χ0v) is 7.06. The first-order valence-electron chi connectivity index (χ1n) is 2.03. The van der Waals surface area contributed by atoms with Crippen molar-refractivity contribution in [3.8, 4) is 0 Å². The topological polar surface area (TPSA) is 24.4 Å². The number of hydrogen-bond acceptors (Lipinski definition) is 2. The van der Waals surface area contributed by atoms with Gasteiger partial charge in [-0.1, -0.05) is 46.4 Å². The fourth-order valence-electron chi connectivity index (χ4n) is 0.350. The molecule has 0 atom stereocenters. The van der Waals surface area contributed by atoms with E-state index in [0.29, 0.717) is 0 Å². The van der Waals surface area contributed by atoms with Gasteiger partial charge >= 0.3 is 0 Å². The minimum absolute atomic E-state index is 1.23. The van der Waals surface area contributed by atoms with Crippen molar-refractivity contribution in [1.82, 2.24) is 5.43 Å². The summed E-state index contributed by atoms with van der Waals surface area (Å²) in [7, 11) is 0. The van der Waals surface area contributed by atoms with Crippen LogP contribution in [0.3, 0.4) is 0 Å². The van der Waals surface area contributed by atoms with E-state index in [-0.39, 0.29) is 0 Å². The molecule has 0 saturated carbocycles. The second-order valence-electron chi connectivity index (χ2n) is 1.57. The fourth-order valence-corrected chi connectivity index (χ4v) is 0.727. The van der Waals surface area contributed by atoms with Crippen LogP contribution in [0.1, 0.15) is 0 Å². The van der Waals surface area contributed by atoms with E-state index in [1.165, 1.54) is 6.21 Å². The van der Waals surface area contributed by atoms with Gasteiger partial charge in [-0.15, -0.1) is 0 Å². The quantitative estimate of drug-likeness (QED) is 0.476. The summed E-state index contributed by atoms with van der Waals surface area (Å²) in [6.45, 7) is 0. The van der Waals surface area contributed by atoms with Crippen molar-refractivity contribution in [3.63, 3.8) is 0 Å². The molecular formula is C3H2Cl4N2. The van der Waals surface area contributed by atoms with Crippen molar-refractivity contribution >= 4 is 52.6 Å². The molecule has 1 N–H and O–H groups in total. The summed E-state index contributed by atoms with van der Waals surface area (Å²) >= 11 is 22.1. The van der Waals surface area contributed by atoms with Crippen molar-refractivity contribution in [1.29, 1.82) is 0 Å². The number of hydrogen-bond donors (Lipinski definition) is 1. The molecule has 52 valence electrons. The number of nitrogens with one attached hydrogen (secondary N) is 1. The van der Waals surface area contributed by atoms with E-state index in [9.17, 15) is 0 Å². The van der Waals surface area contributed by atoms with Gasteiger partial charge in [-0.3, -0.25) is 5.43 Å². The molecule has 0 bridgehead atoms. The highest BCUT2D eigenvalue weighted by Crippen LogP contribution is 2.41. The Balaban J connectivity index is 2.84. The van der Waals surface area contributed by atoms with Crippen LogP contribution in [-0.2, 0) is 0 Å². The molecule has 6 heteroatoms. The Morgan fingerprint density at radius 1 is 1.22 bits per heavy atom. The van der Waals surface area contributed by atoms with Crippen LogP contribution >= 0.6 is 46.4 Å². The minimum Gasteiger partial charge on any atom is -0.273 e. The van der Waals surface area contributed by atoms with E-state index in [1.807, 2.05) is 0 Å². The molecule has 0 saturated heterocycles. The summed E-state index contributed by atoms with van der Waals surface area (Å²) < 4.78 is -2.74. The van der Waals surface area contributed by atoms with Crippen molar-refractivity contribution in [3.05, 3.63) is 0 Å². The number of nitrogens with zero attached hydrogens (tertiary/aromatic N) is 1. The maximum Gasteiger partial charge on any atom is 0.240 e. The Labute approximate surface area is 72.1 Å². The smallest absolute Gasteiger partial charge is 0.240 e. The van der Waals surface area contributed by atoms with Crippen LogP contribution in [0.25, 0.3) is 0 Å². The van der Waals surface area contributed by atoms with Gasteiger partial charge in [0.05, 0.1) is 6.21 Å². The Morgan fingerprint density at radius 3 is 1.89 bits per heavy atom. The summed E-state index contributed by atoms with van der Waals surface area (Å²) in [6.07, 6.45) is 1.23. The largest absolute Gasteiger partial charge is 0.273 e. The molecule has 0 aromatic heterocycles. The average molecular weight is 208 g/mol. The number of rotatable bonds is 0. The van der Waals surface area contributed by atoms with E-state index in [1.54, 1.807) is 0 Å². The maximum atomic E-state index is 5.55. The van der Waals surface area contributed by atoms with Gasteiger partial charge in [0.25, 0.3) is 0 Å². The average Bonchev–Trinajstić information content (AvgIpc) is 1.81. The summed E-state index contributed by atoms with van der Waals surface area (Å²) in [5.41, 5.74) is 2.32. The zero-order chi connectivity index (χ0) is 7.12. The van der Waals surface area contributed by atoms with Gasteiger partial charge in [0.2, 0.25) is 8.79 Å². The highest BCUT2D eigenvalue weighted by Gasteiger charge is 2.49. The predicted octanol–water partition coefficient (Wildman–Crippen LogP) is 1.88. The normalized spacial score (nSPS) is 28.0. The molecule has 0 spiro atoms. The van der Waals surface area contributed by atoms with E-state index in [2.05, 4.69) is 10.5 Å². The molecule has 0 amide bonds. The lowest BCUT2D eigenvalue weighted by Crippen LogP contribution is -2.41. The number of halogens is 4. The monoisotopic (exact) mass is 206 g/mol. The Bertz CT molecular complexity index is 152. The van der Waals surface area contributed by atoms with Crippen molar-refractivity contribution in [2.75, 3.05) is 0 Å². The van der Waals surface area contributed by atoms with Crippen molar-refractivity contribution in [2.24, 2.45) is 5.10 Å². The summed E-state index contributed by atoms with van der Waals surface area (Å²) in [4.78, 5) is 0. The Morgan fingerprint density at radius 2 is 1.78 bits per heavy atom. The fraction of sp³-hybridized carbons (Fsp3) is 0.667. The summed E-state index contributed by atoms with van der Waals surface area (Å²) in [5, 5.41) is 3.49. The second kappa shape index (κ2) is 2.06. The number of hydrazone groups is 1. The van der Waals surface area contributed by atoms with Gasteiger partial charge in [0.15, 0.2) is 0 Å². The van der Waals surface area contributed by atoms with Gasteiger partial charge in [-0.2, -0.15) is 5.10 Å². The summed E-state index contributed by atoms with van der Waals surface area (Å²) in [5.74, 6) is 0.